The minimum atomic E-state index is 0.243. The summed E-state index contributed by atoms with van der Waals surface area (Å²) < 4.78 is 5.65. The minimum Gasteiger partial charge on any atom is -0.493 e. The Morgan fingerprint density at radius 1 is 1.18 bits per heavy atom. The van der Waals surface area contributed by atoms with Crippen molar-refractivity contribution in [1.82, 2.24) is 9.88 Å². The molecule has 168 valence electrons. The van der Waals surface area contributed by atoms with Gasteiger partial charge in [-0.2, -0.15) is 0 Å². The first-order valence-electron chi connectivity index (χ1n) is 11.8. The van der Waals surface area contributed by atoms with Crippen molar-refractivity contribution in [2.24, 2.45) is 10.9 Å². The van der Waals surface area contributed by atoms with Gasteiger partial charge in [0.05, 0.1) is 25.4 Å². The number of fused-ring (bicyclic) bond motifs is 2. The molecule has 0 bridgehead atoms. The molecule has 6 rings (SSSR count). The first kappa shape index (κ1) is 20.8. The third-order valence-corrected chi connectivity index (χ3v) is 7.74. The van der Waals surface area contributed by atoms with Gasteiger partial charge in [0, 0.05) is 47.7 Å². The topological polar surface area (TPSA) is 54.8 Å². The van der Waals surface area contributed by atoms with Gasteiger partial charge in [-0.15, -0.1) is 11.3 Å². The largest absolute Gasteiger partial charge is 0.493 e. The van der Waals surface area contributed by atoms with E-state index in [0.29, 0.717) is 18.9 Å². The molecular weight excluding hydrogens is 430 g/mol. The summed E-state index contributed by atoms with van der Waals surface area (Å²) in [6, 6.07) is 12.5. The smallest absolute Gasteiger partial charge is 0.163 e. The van der Waals surface area contributed by atoms with E-state index in [1.807, 2.05) is 23.7 Å². The van der Waals surface area contributed by atoms with Crippen LogP contribution < -0.4 is 4.74 Å². The van der Waals surface area contributed by atoms with Gasteiger partial charge >= 0.3 is 0 Å². The second-order valence-corrected chi connectivity index (χ2v) is 10.2. The molecule has 1 fully saturated rings. The van der Waals surface area contributed by atoms with E-state index in [9.17, 15) is 4.79 Å². The van der Waals surface area contributed by atoms with E-state index in [4.69, 9.17) is 9.73 Å². The zero-order valence-corrected chi connectivity index (χ0v) is 19.4. The highest BCUT2D eigenvalue weighted by atomic mass is 32.1. The van der Waals surface area contributed by atoms with Crippen LogP contribution >= 0.6 is 11.3 Å². The van der Waals surface area contributed by atoms with E-state index in [-0.39, 0.29) is 5.78 Å². The molecule has 3 aliphatic rings. The van der Waals surface area contributed by atoms with Crippen molar-refractivity contribution < 1.29 is 9.53 Å². The molecule has 3 aliphatic heterocycles. The van der Waals surface area contributed by atoms with Crippen molar-refractivity contribution in [2.75, 3.05) is 19.7 Å². The van der Waals surface area contributed by atoms with Crippen molar-refractivity contribution in [1.29, 1.82) is 0 Å². The number of Topliss-reactive ketones (excluding diaryl/α,β-unsaturated/α-hetero) is 1. The van der Waals surface area contributed by atoms with Crippen LogP contribution in [0, 0.1) is 5.92 Å². The zero-order valence-electron chi connectivity index (χ0n) is 18.6. The number of hydrogen-bond acceptors (Lipinski definition) is 6. The zero-order chi connectivity index (χ0) is 22.2. The third-order valence-electron chi connectivity index (χ3n) is 6.98. The number of likely N-dealkylation sites (tertiary alicyclic amines) is 1. The number of aromatic nitrogens is 1. The highest BCUT2D eigenvalue weighted by Crippen LogP contribution is 2.31. The van der Waals surface area contributed by atoms with Crippen LogP contribution in [0.2, 0.25) is 0 Å². The molecule has 0 aliphatic carbocycles. The second kappa shape index (κ2) is 8.84. The number of ether oxygens (including phenoxy) is 1. The first-order valence-corrected chi connectivity index (χ1v) is 12.7. The quantitative estimate of drug-likeness (QED) is 0.494. The molecule has 0 radical (unpaired) electrons. The van der Waals surface area contributed by atoms with Crippen LogP contribution in [0.25, 0.3) is 0 Å². The highest BCUT2D eigenvalue weighted by molar-refractivity contribution is 7.09. The van der Waals surface area contributed by atoms with Gasteiger partial charge in [-0.05, 0) is 60.7 Å². The first-order chi connectivity index (χ1) is 16.2. The lowest BCUT2D eigenvalue weighted by atomic mass is 9.89. The summed E-state index contributed by atoms with van der Waals surface area (Å²) in [5.74, 6) is 1.63. The van der Waals surface area contributed by atoms with Gasteiger partial charge in [-0.1, -0.05) is 12.1 Å². The maximum atomic E-state index is 13.2. The van der Waals surface area contributed by atoms with Gasteiger partial charge < -0.3 is 4.74 Å². The summed E-state index contributed by atoms with van der Waals surface area (Å²) in [6.07, 6.45) is 5.69. The molecule has 1 aromatic heterocycles. The van der Waals surface area contributed by atoms with Crippen molar-refractivity contribution in [3.05, 3.63) is 80.8 Å². The molecule has 33 heavy (non-hydrogen) atoms. The van der Waals surface area contributed by atoms with E-state index < -0.39 is 0 Å². The summed E-state index contributed by atoms with van der Waals surface area (Å²) in [7, 11) is 0. The Bertz CT molecular complexity index is 1220. The summed E-state index contributed by atoms with van der Waals surface area (Å²) in [4.78, 5) is 24.9. The molecule has 6 heteroatoms. The minimum absolute atomic E-state index is 0.243. The average Bonchev–Trinajstić information content (AvgIpc) is 3.59. The maximum absolute atomic E-state index is 13.2. The number of nitrogens with zero attached hydrogens (tertiary/aromatic N) is 3. The van der Waals surface area contributed by atoms with E-state index in [1.54, 1.807) is 11.3 Å². The molecule has 4 heterocycles. The lowest BCUT2D eigenvalue weighted by Gasteiger charge is -2.31. The number of rotatable bonds is 6. The average molecular weight is 458 g/mol. The molecule has 2 aromatic carbocycles. The van der Waals surface area contributed by atoms with E-state index in [2.05, 4.69) is 34.1 Å². The Hall–Kier alpha value is -2.83. The Morgan fingerprint density at radius 2 is 2.15 bits per heavy atom. The Labute approximate surface area is 198 Å². The number of benzene rings is 2. The van der Waals surface area contributed by atoms with Gasteiger partial charge in [0.1, 0.15) is 10.8 Å². The molecule has 0 saturated carbocycles. The Kier molecular flexibility index (Phi) is 5.56. The van der Waals surface area contributed by atoms with Crippen molar-refractivity contribution in [3.63, 3.8) is 0 Å². The van der Waals surface area contributed by atoms with Gasteiger partial charge in [0.25, 0.3) is 0 Å². The van der Waals surface area contributed by atoms with Crippen LogP contribution in [0.3, 0.4) is 0 Å². The highest BCUT2D eigenvalue weighted by Gasteiger charge is 2.25. The lowest BCUT2D eigenvalue weighted by molar-refractivity contribution is 0.0912. The van der Waals surface area contributed by atoms with Gasteiger partial charge in [0.15, 0.2) is 5.78 Å². The van der Waals surface area contributed by atoms with Crippen LogP contribution in [0.15, 0.2) is 53.0 Å². The summed E-state index contributed by atoms with van der Waals surface area (Å²) >= 11 is 1.71. The number of aliphatic imine (C=N–C) groups is 1. The summed E-state index contributed by atoms with van der Waals surface area (Å²) in [6.45, 7) is 4.39. The molecule has 0 unspecified atom stereocenters. The van der Waals surface area contributed by atoms with E-state index in [1.165, 1.54) is 11.1 Å². The Morgan fingerprint density at radius 3 is 3.06 bits per heavy atom. The van der Waals surface area contributed by atoms with Gasteiger partial charge in [-0.25, -0.2) is 4.98 Å². The van der Waals surface area contributed by atoms with Crippen molar-refractivity contribution in [2.45, 2.75) is 38.8 Å². The van der Waals surface area contributed by atoms with Crippen molar-refractivity contribution >= 4 is 22.8 Å². The van der Waals surface area contributed by atoms with E-state index in [0.717, 1.165) is 78.7 Å². The standard InChI is InChI=1S/C27H27N3O2S/c31-24(12-18-2-1-9-30(16-18)17-26-28-8-11-33-26)19-3-4-22-15-29-27(23(22)14-19)21-5-6-25-20(13-21)7-10-32-25/h3-6,8,11,13-14,18H,1-2,7,9-10,12,15-17H2/t18-/m0/s1. The molecule has 0 amide bonds. The second-order valence-electron chi connectivity index (χ2n) is 9.25. The molecule has 5 nitrogen and oxygen atoms in total. The maximum Gasteiger partial charge on any atom is 0.163 e. The molecule has 0 N–H and O–H groups in total. The molecule has 3 aromatic rings. The fourth-order valence-electron chi connectivity index (χ4n) is 5.30. The number of piperidine rings is 1. The number of carbonyl (C=O) groups excluding carboxylic acids is 1. The SMILES string of the molecule is O=C(C[C@@H]1CCCN(Cc2nccs2)C1)c1ccc2c(c1)C(c1ccc3c(c1)CCO3)=NC2. The van der Waals surface area contributed by atoms with Crippen molar-refractivity contribution in [3.8, 4) is 5.75 Å². The lowest BCUT2D eigenvalue weighted by Crippen LogP contribution is -2.35. The van der Waals surface area contributed by atoms with Gasteiger partial charge in [0.2, 0.25) is 0 Å². The predicted octanol–water partition coefficient (Wildman–Crippen LogP) is 4.91. The molecule has 1 saturated heterocycles. The number of carbonyl (C=O) groups is 1. The van der Waals surface area contributed by atoms with Crippen LogP contribution in [0.4, 0.5) is 0 Å². The van der Waals surface area contributed by atoms with Crippen LogP contribution in [-0.4, -0.2) is 41.1 Å². The predicted molar refractivity (Wildman–Crippen MR) is 130 cm³/mol. The fraction of sp³-hybridized carbons (Fsp3) is 0.370. The summed E-state index contributed by atoms with van der Waals surface area (Å²) in [5.41, 5.74) is 6.48. The number of ketones is 1. The van der Waals surface area contributed by atoms with Crippen LogP contribution in [-0.2, 0) is 19.5 Å². The monoisotopic (exact) mass is 457 g/mol. The number of hydrogen-bond donors (Lipinski definition) is 0. The summed E-state index contributed by atoms with van der Waals surface area (Å²) in [5, 5.41) is 3.19. The molecular formula is C27H27N3O2S. The van der Waals surface area contributed by atoms with Crippen LogP contribution in [0.5, 0.6) is 5.75 Å². The third kappa shape index (κ3) is 4.25. The molecule has 0 spiro atoms. The van der Waals surface area contributed by atoms with Crippen LogP contribution in [0.1, 0.15) is 56.9 Å². The normalized spacial score (nSPS) is 19.6. The fourth-order valence-corrected chi connectivity index (χ4v) is 5.96. The van der Waals surface area contributed by atoms with E-state index >= 15 is 0 Å². The van der Waals surface area contributed by atoms with Gasteiger partial charge in [-0.3, -0.25) is 14.7 Å². The Balaban J connectivity index is 1.16. The number of thiazole rings is 1. The molecule has 1 atom stereocenters.